The summed E-state index contributed by atoms with van der Waals surface area (Å²) in [5.41, 5.74) is 1.13. The average Bonchev–Trinajstić information content (AvgIpc) is 2.81. The van der Waals surface area contributed by atoms with E-state index in [1.165, 1.54) is 12.1 Å². The van der Waals surface area contributed by atoms with Crippen molar-refractivity contribution in [2.75, 3.05) is 24.5 Å². The van der Waals surface area contributed by atoms with Gasteiger partial charge >= 0.3 is 0 Å². The number of aromatic nitrogens is 1. The molecule has 0 radical (unpaired) electrons. The molecule has 3 rings (SSSR count). The summed E-state index contributed by atoms with van der Waals surface area (Å²) in [6, 6.07) is 5.28. The molecule has 1 fully saturated rings. The molecular formula is C12H14N4O3. The highest BCUT2D eigenvalue weighted by atomic mass is 16.6. The molecule has 0 spiro atoms. The first-order valence-electron chi connectivity index (χ1n) is 6.17. The number of benzene rings is 1. The van der Waals surface area contributed by atoms with E-state index in [-0.39, 0.29) is 11.7 Å². The van der Waals surface area contributed by atoms with E-state index >= 15 is 0 Å². The maximum Gasteiger partial charge on any atom is 0.298 e. The number of fused-ring (bicyclic) bond motifs is 1. The number of hydrogen-bond donors (Lipinski definition) is 1. The van der Waals surface area contributed by atoms with Crippen molar-refractivity contribution in [2.45, 2.75) is 13.0 Å². The van der Waals surface area contributed by atoms with Crippen LogP contribution in [0, 0.1) is 10.1 Å². The third-order valence-corrected chi connectivity index (χ3v) is 3.32. The molecule has 7 heteroatoms. The van der Waals surface area contributed by atoms with Crippen LogP contribution >= 0.6 is 0 Å². The van der Waals surface area contributed by atoms with E-state index in [1.54, 1.807) is 6.07 Å². The van der Waals surface area contributed by atoms with Gasteiger partial charge in [0.1, 0.15) is 5.52 Å². The van der Waals surface area contributed by atoms with Crippen LogP contribution in [0.5, 0.6) is 0 Å². The fraction of sp³-hybridized carbons (Fsp3) is 0.417. The lowest BCUT2D eigenvalue weighted by Gasteiger charge is -2.32. The standard InChI is InChI=1S/C12H14N4O3/c1-8-7-13-4-5-15(8)12-14-10-6-9(16(17)18)2-3-11(10)19-12/h2-3,6,8,13H,4-5,7H2,1H3/t8-/m0/s1. The molecule has 0 saturated carbocycles. The third kappa shape index (κ3) is 2.12. The second kappa shape index (κ2) is 4.51. The second-order valence-electron chi connectivity index (χ2n) is 4.65. The fourth-order valence-corrected chi connectivity index (χ4v) is 2.27. The summed E-state index contributed by atoms with van der Waals surface area (Å²) in [4.78, 5) is 16.7. The van der Waals surface area contributed by atoms with Gasteiger partial charge in [0.2, 0.25) is 0 Å². The summed E-state index contributed by atoms with van der Waals surface area (Å²) in [7, 11) is 0. The van der Waals surface area contributed by atoms with Crippen molar-refractivity contribution in [3.05, 3.63) is 28.3 Å². The Hall–Kier alpha value is -2.15. The zero-order valence-electron chi connectivity index (χ0n) is 10.5. The number of nitrogens with zero attached hydrogens (tertiary/aromatic N) is 3. The van der Waals surface area contributed by atoms with Gasteiger partial charge in [0.05, 0.1) is 4.92 Å². The molecule has 1 aliphatic rings. The predicted molar refractivity (Wildman–Crippen MR) is 70.3 cm³/mol. The molecule has 1 aliphatic heterocycles. The Morgan fingerprint density at radius 1 is 1.58 bits per heavy atom. The van der Waals surface area contributed by atoms with E-state index in [1.807, 2.05) is 0 Å². The topological polar surface area (TPSA) is 84.4 Å². The normalized spacial score (nSPS) is 19.8. The molecule has 1 N–H and O–H groups in total. The maximum atomic E-state index is 10.7. The van der Waals surface area contributed by atoms with Crippen LogP contribution in [0.15, 0.2) is 22.6 Å². The summed E-state index contributed by atoms with van der Waals surface area (Å²) >= 11 is 0. The van der Waals surface area contributed by atoms with E-state index < -0.39 is 4.92 Å². The molecule has 1 aromatic heterocycles. The van der Waals surface area contributed by atoms with E-state index in [4.69, 9.17) is 4.42 Å². The molecule has 1 saturated heterocycles. The van der Waals surface area contributed by atoms with E-state index in [0.717, 1.165) is 19.6 Å². The van der Waals surface area contributed by atoms with Crippen molar-refractivity contribution in [2.24, 2.45) is 0 Å². The molecule has 19 heavy (non-hydrogen) atoms. The summed E-state index contributed by atoms with van der Waals surface area (Å²) in [6.07, 6.45) is 0. The van der Waals surface area contributed by atoms with Crippen LogP contribution in [-0.2, 0) is 0 Å². The minimum Gasteiger partial charge on any atom is -0.423 e. The van der Waals surface area contributed by atoms with E-state index in [9.17, 15) is 10.1 Å². The second-order valence-corrected chi connectivity index (χ2v) is 4.65. The number of oxazole rings is 1. The van der Waals surface area contributed by atoms with Crippen LogP contribution in [0.1, 0.15) is 6.92 Å². The van der Waals surface area contributed by atoms with Crippen LogP contribution in [0.4, 0.5) is 11.7 Å². The Balaban J connectivity index is 1.99. The van der Waals surface area contributed by atoms with Crippen molar-refractivity contribution in [1.82, 2.24) is 10.3 Å². The largest absolute Gasteiger partial charge is 0.423 e. The molecule has 0 aliphatic carbocycles. The quantitative estimate of drug-likeness (QED) is 0.652. The van der Waals surface area contributed by atoms with Crippen LogP contribution < -0.4 is 10.2 Å². The Kier molecular flexibility index (Phi) is 2.83. The van der Waals surface area contributed by atoms with Gasteiger partial charge in [-0.25, -0.2) is 0 Å². The SMILES string of the molecule is C[C@H]1CNCCN1c1nc2cc([N+](=O)[O-])ccc2o1. The van der Waals surface area contributed by atoms with Crippen molar-refractivity contribution >= 4 is 22.8 Å². The van der Waals surface area contributed by atoms with Crippen molar-refractivity contribution in [3.8, 4) is 0 Å². The molecule has 0 bridgehead atoms. The van der Waals surface area contributed by atoms with E-state index in [0.29, 0.717) is 17.1 Å². The minimum atomic E-state index is -0.429. The Bertz CT molecular complexity index is 624. The smallest absolute Gasteiger partial charge is 0.298 e. The Morgan fingerprint density at radius 2 is 2.42 bits per heavy atom. The predicted octanol–water partition coefficient (Wildman–Crippen LogP) is 1.53. The molecule has 2 aromatic rings. The average molecular weight is 262 g/mol. The molecule has 1 atom stereocenters. The van der Waals surface area contributed by atoms with Crippen LogP contribution in [0.3, 0.4) is 0 Å². The number of non-ortho nitro benzene ring substituents is 1. The first kappa shape index (κ1) is 11.9. The highest BCUT2D eigenvalue weighted by Gasteiger charge is 2.23. The number of hydrogen-bond acceptors (Lipinski definition) is 6. The minimum absolute atomic E-state index is 0.0284. The molecule has 2 heterocycles. The van der Waals surface area contributed by atoms with Crippen LogP contribution in [0.25, 0.3) is 11.1 Å². The molecule has 1 aromatic carbocycles. The first-order chi connectivity index (χ1) is 9.15. The van der Waals surface area contributed by atoms with Gasteiger partial charge in [-0.2, -0.15) is 4.98 Å². The molecule has 0 unspecified atom stereocenters. The van der Waals surface area contributed by atoms with Crippen molar-refractivity contribution in [1.29, 1.82) is 0 Å². The summed E-state index contributed by atoms with van der Waals surface area (Å²) in [6.45, 7) is 4.65. The molecule has 100 valence electrons. The molecule has 0 amide bonds. The monoisotopic (exact) mass is 262 g/mol. The molecule has 7 nitrogen and oxygen atoms in total. The number of anilines is 1. The Labute approximate surface area is 109 Å². The number of nitrogens with one attached hydrogen (secondary N) is 1. The van der Waals surface area contributed by atoms with Crippen LogP contribution in [-0.4, -0.2) is 35.6 Å². The number of nitro benzene ring substituents is 1. The highest BCUT2D eigenvalue weighted by molar-refractivity contribution is 5.77. The van der Waals surface area contributed by atoms with Crippen molar-refractivity contribution in [3.63, 3.8) is 0 Å². The van der Waals surface area contributed by atoms with Crippen molar-refractivity contribution < 1.29 is 9.34 Å². The lowest BCUT2D eigenvalue weighted by Crippen LogP contribution is -2.50. The van der Waals surface area contributed by atoms with Gasteiger partial charge in [-0.1, -0.05) is 0 Å². The van der Waals surface area contributed by atoms with Gasteiger partial charge in [0, 0.05) is 37.8 Å². The maximum absolute atomic E-state index is 10.7. The molecular weight excluding hydrogens is 248 g/mol. The van der Waals surface area contributed by atoms with Gasteiger partial charge in [-0.05, 0) is 13.0 Å². The Morgan fingerprint density at radius 3 is 3.16 bits per heavy atom. The summed E-state index contributed by atoms with van der Waals surface area (Å²) in [5, 5.41) is 14.0. The number of piperazine rings is 1. The lowest BCUT2D eigenvalue weighted by molar-refractivity contribution is -0.384. The third-order valence-electron chi connectivity index (χ3n) is 3.32. The lowest BCUT2D eigenvalue weighted by atomic mass is 10.2. The zero-order chi connectivity index (χ0) is 13.4. The zero-order valence-corrected chi connectivity index (χ0v) is 10.5. The van der Waals surface area contributed by atoms with Gasteiger partial charge in [0.25, 0.3) is 11.7 Å². The van der Waals surface area contributed by atoms with Crippen LogP contribution in [0.2, 0.25) is 0 Å². The van der Waals surface area contributed by atoms with Gasteiger partial charge in [0.15, 0.2) is 5.58 Å². The number of nitro groups is 1. The van der Waals surface area contributed by atoms with Gasteiger partial charge in [-0.15, -0.1) is 0 Å². The highest BCUT2D eigenvalue weighted by Crippen LogP contribution is 2.26. The fourth-order valence-electron chi connectivity index (χ4n) is 2.27. The summed E-state index contributed by atoms with van der Waals surface area (Å²) in [5.74, 6) is 0. The van der Waals surface area contributed by atoms with Gasteiger partial charge < -0.3 is 14.6 Å². The van der Waals surface area contributed by atoms with E-state index in [2.05, 4.69) is 22.1 Å². The first-order valence-corrected chi connectivity index (χ1v) is 6.17. The van der Waals surface area contributed by atoms with Gasteiger partial charge in [-0.3, -0.25) is 10.1 Å². The number of rotatable bonds is 2. The summed E-state index contributed by atoms with van der Waals surface area (Å²) < 4.78 is 5.68.